The number of hydrazone groups is 1. The van der Waals surface area contributed by atoms with E-state index in [0.717, 1.165) is 11.7 Å². The van der Waals surface area contributed by atoms with Gasteiger partial charge >= 0.3 is 0 Å². The first-order chi connectivity index (χ1) is 8.56. The molecule has 0 spiro atoms. The lowest BCUT2D eigenvalue weighted by atomic mass is 10.1. The molecule has 98 valence electrons. The third kappa shape index (κ3) is 3.45. The van der Waals surface area contributed by atoms with E-state index >= 15 is 0 Å². The summed E-state index contributed by atoms with van der Waals surface area (Å²) in [6.45, 7) is 6.21. The number of hydrogen-bond donors (Lipinski definition) is 1. The predicted octanol–water partition coefficient (Wildman–Crippen LogP) is 2.90. The molecule has 1 aliphatic carbocycles. The number of carbonyl (C=O) groups is 1. The largest absolute Gasteiger partial charge is 0.460 e. The van der Waals surface area contributed by atoms with Gasteiger partial charge in [-0.15, -0.1) is 0 Å². The molecule has 4 nitrogen and oxygen atoms in total. The Morgan fingerprint density at radius 2 is 2.33 bits per heavy atom. The molecule has 1 N–H and O–H groups in total. The Hall–Kier alpha value is -1.58. The van der Waals surface area contributed by atoms with Crippen LogP contribution in [-0.4, -0.2) is 12.1 Å². The number of carbonyl (C=O) groups excluding carboxylic acids is 1. The summed E-state index contributed by atoms with van der Waals surface area (Å²) in [5, 5.41) is 3.89. The van der Waals surface area contributed by atoms with Crippen LogP contribution in [0.5, 0.6) is 0 Å². The minimum atomic E-state index is -0.0659. The van der Waals surface area contributed by atoms with Gasteiger partial charge in [0.05, 0.1) is 6.21 Å². The zero-order chi connectivity index (χ0) is 13.1. The second-order valence-corrected chi connectivity index (χ2v) is 5.45. The van der Waals surface area contributed by atoms with Crippen LogP contribution in [0.2, 0.25) is 0 Å². The average molecular weight is 248 g/mol. The van der Waals surface area contributed by atoms with Gasteiger partial charge in [0.1, 0.15) is 11.5 Å². The molecule has 1 aliphatic rings. The van der Waals surface area contributed by atoms with Crippen molar-refractivity contribution in [2.45, 2.75) is 39.5 Å². The number of hydrogen-bond acceptors (Lipinski definition) is 3. The zero-order valence-electron chi connectivity index (χ0n) is 11.1. The predicted molar refractivity (Wildman–Crippen MR) is 70.4 cm³/mol. The molecule has 1 saturated carbocycles. The second kappa shape index (κ2) is 5.38. The summed E-state index contributed by atoms with van der Waals surface area (Å²) < 4.78 is 5.64. The maximum atomic E-state index is 11.4. The minimum Gasteiger partial charge on any atom is -0.460 e. The number of furan rings is 1. The van der Waals surface area contributed by atoms with Crippen molar-refractivity contribution in [3.05, 3.63) is 23.7 Å². The number of rotatable bonds is 5. The summed E-state index contributed by atoms with van der Waals surface area (Å²) in [4.78, 5) is 11.4. The van der Waals surface area contributed by atoms with E-state index in [1.165, 1.54) is 6.42 Å². The molecule has 1 amide bonds. The van der Waals surface area contributed by atoms with Gasteiger partial charge in [-0.3, -0.25) is 4.79 Å². The Balaban J connectivity index is 1.82. The van der Waals surface area contributed by atoms with E-state index in [9.17, 15) is 4.79 Å². The lowest BCUT2D eigenvalue weighted by molar-refractivity contribution is -0.121. The maximum Gasteiger partial charge on any atom is 0.240 e. The van der Waals surface area contributed by atoms with E-state index in [2.05, 4.69) is 17.5 Å². The Labute approximate surface area is 107 Å². The number of amides is 1. The normalized spacial score (nSPS) is 22.7. The van der Waals surface area contributed by atoms with E-state index in [1.54, 1.807) is 6.21 Å². The van der Waals surface area contributed by atoms with E-state index in [4.69, 9.17) is 4.42 Å². The Morgan fingerprint density at radius 1 is 1.61 bits per heavy atom. The molecule has 1 aromatic rings. The highest BCUT2D eigenvalue weighted by Gasteiger charge is 2.36. The van der Waals surface area contributed by atoms with Gasteiger partial charge in [0.15, 0.2) is 0 Å². The molecule has 2 rings (SSSR count). The quantitative estimate of drug-likeness (QED) is 0.643. The Kier molecular flexibility index (Phi) is 3.84. The van der Waals surface area contributed by atoms with Crippen LogP contribution in [0.1, 0.15) is 51.1 Å². The SMILES string of the molecule is CC(C)CC(=O)N/N=C\c1ccc([C@H]2C[C@@H]2C)o1. The van der Waals surface area contributed by atoms with Crippen LogP contribution < -0.4 is 5.43 Å². The van der Waals surface area contributed by atoms with Gasteiger partial charge < -0.3 is 4.42 Å². The summed E-state index contributed by atoms with van der Waals surface area (Å²) >= 11 is 0. The van der Waals surface area contributed by atoms with E-state index in [1.807, 2.05) is 26.0 Å². The molecule has 1 aromatic heterocycles. The van der Waals surface area contributed by atoms with Crippen LogP contribution >= 0.6 is 0 Å². The molecule has 0 saturated heterocycles. The van der Waals surface area contributed by atoms with Crippen molar-refractivity contribution in [3.63, 3.8) is 0 Å². The van der Waals surface area contributed by atoms with E-state index in [-0.39, 0.29) is 5.91 Å². The third-order valence-corrected chi connectivity index (χ3v) is 3.10. The van der Waals surface area contributed by atoms with Crippen molar-refractivity contribution < 1.29 is 9.21 Å². The van der Waals surface area contributed by atoms with Crippen molar-refractivity contribution in [1.82, 2.24) is 5.43 Å². The highest BCUT2D eigenvalue weighted by atomic mass is 16.3. The van der Waals surface area contributed by atoms with Crippen LogP contribution in [0.25, 0.3) is 0 Å². The van der Waals surface area contributed by atoms with Gasteiger partial charge in [0.25, 0.3) is 0 Å². The van der Waals surface area contributed by atoms with Gasteiger partial charge in [0, 0.05) is 12.3 Å². The maximum absolute atomic E-state index is 11.4. The van der Waals surface area contributed by atoms with Crippen LogP contribution in [0.15, 0.2) is 21.7 Å². The summed E-state index contributed by atoms with van der Waals surface area (Å²) in [5.41, 5.74) is 2.50. The number of nitrogens with zero attached hydrogens (tertiary/aromatic N) is 1. The molecule has 1 fully saturated rings. The summed E-state index contributed by atoms with van der Waals surface area (Å²) in [7, 11) is 0. The van der Waals surface area contributed by atoms with Crippen molar-refractivity contribution in [3.8, 4) is 0 Å². The molecule has 0 radical (unpaired) electrons. The summed E-state index contributed by atoms with van der Waals surface area (Å²) in [5.74, 6) is 3.29. The van der Waals surface area contributed by atoms with Crippen molar-refractivity contribution in [2.75, 3.05) is 0 Å². The molecule has 0 aliphatic heterocycles. The monoisotopic (exact) mass is 248 g/mol. The topological polar surface area (TPSA) is 54.6 Å². The highest BCUT2D eigenvalue weighted by molar-refractivity contribution is 5.80. The summed E-state index contributed by atoms with van der Waals surface area (Å²) in [6.07, 6.45) is 3.24. The third-order valence-electron chi connectivity index (χ3n) is 3.10. The molecule has 2 atom stereocenters. The summed E-state index contributed by atoms with van der Waals surface area (Å²) in [6, 6.07) is 3.88. The van der Waals surface area contributed by atoms with Crippen molar-refractivity contribution in [1.29, 1.82) is 0 Å². The molecule has 1 heterocycles. The van der Waals surface area contributed by atoms with Gasteiger partial charge in [-0.2, -0.15) is 5.10 Å². The fourth-order valence-electron chi connectivity index (χ4n) is 1.94. The molecule has 0 unspecified atom stereocenters. The minimum absolute atomic E-state index is 0.0659. The standard InChI is InChI=1S/C14H20N2O2/c1-9(2)6-14(17)16-15-8-11-4-5-13(18-11)12-7-10(12)3/h4-5,8-10,12H,6-7H2,1-3H3,(H,16,17)/b15-8-/t10-,12-/m0/s1. The first-order valence-corrected chi connectivity index (χ1v) is 6.48. The molecule has 0 bridgehead atoms. The highest BCUT2D eigenvalue weighted by Crippen LogP contribution is 2.47. The smallest absolute Gasteiger partial charge is 0.240 e. The van der Waals surface area contributed by atoms with Gasteiger partial charge in [-0.05, 0) is 30.4 Å². The fourth-order valence-corrected chi connectivity index (χ4v) is 1.94. The molecule has 18 heavy (non-hydrogen) atoms. The first-order valence-electron chi connectivity index (χ1n) is 6.48. The van der Waals surface area contributed by atoms with Crippen molar-refractivity contribution in [2.24, 2.45) is 16.9 Å². The Bertz CT molecular complexity index is 448. The lowest BCUT2D eigenvalue weighted by Gasteiger charge is -2.01. The van der Waals surface area contributed by atoms with Crippen LogP contribution in [0, 0.1) is 11.8 Å². The average Bonchev–Trinajstić information content (AvgIpc) is 2.83. The molecule has 0 aromatic carbocycles. The van der Waals surface area contributed by atoms with Crippen LogP contribution in [0.4, 0.5) is 0 Å². The van der Waals surface area contributed by atoms with Crippen LogP contribution in [0.3, 0.4) is 0 Å². The van der Waals surface area contributed by atoms with E-state index in [0.29, 0.717) is 24.0 Å². The first kappa shape index (κ1) is 12.9. The second-order valence-electron chi connectivity index (χ2n) is 5.45. The van der Waals surface area contributed by atoms with E-state index < -0.39 is 0 Å². The van der Waals surface area contributed by atoms with Crippen molar-refractivity contribution >= 4 is 12.1 Å². The van der Waals surface area contributed by atoms with Crippen LogP contribution in [-0.2, 0) is 4.79 Å². The number of nitrogens with one attached hydrogen (secondary N) is 1. The molecular weight excluding hydrogens is 228 g/mol. The van der Waals surface area contributed by atoms with Gasteiger partial charge in [0.2, 0.25) is 5.91 Å². The van der Waals surface area contributed by atoms with Gasteiger partial charge in [-0.25, -0.2) is 5.43 Å². The molecular formula is C14H20N2O2. The fraction of sp³-hybridized carbons (Fsp3) is 0.571. The zero-order valence-corrected chi connectivity index (χ0v) is 11.1. The molecule has 4 heteroatoms. The Morgan fingerprint density at radius 3 is 2.94 bits per heavy atom. The van der Waals surface area contributed by atoms with Gasteiger partial charge in [-0.1, -0.05) is 20.8 Å². The lowest BCUT2D eigenvalue weighted by Crippen LogP contribution is -2.18.